The molecule has 0 unspecified atom stereocenters. The summed E-state index contributed by atoms with van der Waals surface area (Å²) in [5, 5.41) is 2.36. The number of benzene rings is 4. The molecular formula is C28H21NO4. The van der Waals surface area contributed by atoms with Gasteiger partial charge in [-0.1, -0.05) is 54.6 Å². The van der Waals surface area contributed by atoms with Gasteiger partial charge in [0, 0.05) is 5.56 Å². The van der Waals surface area contributed by atoms with Gasteiger partial charge in [0.05, 0.1) is 7.11 Å². The number of ether oxygens (including phenoxy) is 3. The van der Waals surface area contributed by atoms with Crippen LogP contribution in [0.2, 0.25) is 0 Å². The van der Waals surface area contributed by atoms with Crippen molar-refractivity contribution in [2.45, 2.75) is 6.61 Å². The van der Waals surface area contributed by atoms with Crippen LogP contribution in [0.3, 0.4) is 0 Å². The molecule has 5 heteroatoms. The molecular weight excluding hydrogens is 414 g/mol. The van der Waals surface area contributed by atoms with E-state index in [2.05, 4.69) is 29.3 Å². The highest BCUT2D eigenvalue weighted by atomic mass is 16.6. The first-order valence-electron chi connectivity index (χ1n) is 10.6. The molecule has 0 fully saturated rings. The highest BCUT2D eigenvalue weighted by Crippen LogP contribution is 2.24. The number of methoxy groups -OCH3 is 1. The van der Waals surface area contributed by atoms with E-state index in [4.69, 9.17) is 14.2 Å². The summed E-state index contributed by atoms with van der Waals surface area (Å²) in [6, 6.07) is 29.2. The van der Waals surface area contributed by atoms with Crippen LogP contribution in [0.5, 0.6) is 11.5 Å². The molecule has 0 aliphatic carbocycles. The Labute approximate surface area is 191 Å². The molecule has 1 aliphatic heterocycles. The first-order valence-corrected chi connectivity index (χ1v) is 10.6. The number of carbonyl (C=O) groups is 1. The Balaban J connectivity index is 1.34. The number of esters is 1. The molecule has 5 nitrogen and oxygen atoms in total. The number of nitrogens with zero attached hydrogens (tertiary/aromatic N) is 1. The largest absolute Gasteiger partial charge is 0.497 e. The Kier molecular flexibility index (Phi) is 5.60. The molecule has 0 saturated heterocycles. The predicted octanol–water partition coefficient (Wildman–Crippen LogP) is 5.77. The van der Waals surface area contributed by atoms with E-state index < -0.39 is 5.97 Å². The number of aliphatic imine (C=N–C) groups is 1. The lowest BCUT2D eigenvalue weighted by Gasteiger charge is -2.09. The third-order valence-electron chi connectivity index (χ3n) is 5.39. The van der Waals surface area contributed by atoms with Gasteiger partial charge >= 0.3 is 5.97 Å². The second-order valence-corrected chi connectivity index (χ2v) is 7.56. The Bertz CT molecular complexity index is 1380. The van der Waals surface area contributed by atoms with Crippen LogP contribution in [0.25, 0.3) is 16.8 Å². The molecule has 1 aliphatic rings. The van der Waals surface area contributed by atoms with E-state index >= 15 is 0 Å². The van der Waals surface area contributed by atoms with Gasteiger partial charge < -0.3 is 14.2 Å². The van der Waals surface area contributed by atoms with Gasteiger partial charge in [-0.25, -0.2) is 9.79 Å². The Morgan fingerprint density at radius 2 is 1.67 bits per heavy atom. The van der Waals surface area contributed by atoms with Gasteiger partial charge in [-0.05, 0) is 64.4 Å². The molecule has 5 rings (SSSR count). The van der Waals surface area contributed by atoms with Crippen LogP contribution in [0.1, 0.15) is 16.7 Å². The van der Waals surface area contributed by atoms with Gasteiger partial charge in [0.1, 0.15) is 18.1 Å². The van der Waals surface area contributed by atoms with E-state index in [9.17, 15) is 4.79 Å². The summed E-state index contributed by atoms with van der Waals surface area (Å²) in [5.74, 6) is 1.22. The van der Waals surface area contributed by atoms with Crippen molar-refractivity contribution in [1.29, 1.82) is 0 Å². The molecule has 0 radical (unpaired) electrons. The van der Waals surface area contributed by atoms with E-state index in [0.29, 0.717) is 17.9 Å². The fourth-order valence-electron chi connectivity index (χ4n) is 3.70. The van der Waals surface area contributed by atoms with Crippen molar-refractivity contribution in [2.24, 2.45) is 4.99 Å². The molecule has 0 saturated carbocycles. The van der Waals surface area contributed by atoms with Gasteiger partial charge in [0.2, 0.25) is 5.90 Å². The molecule has 4 aromatic rings. The van der Waals surface area contributed by atoms with Crippen molar-refractivity contribution in [3.05, 3.63) is 113 Å². The van der Waals surface area contributed by atoms with Crippen LogP contribution in [0, 0.1) is 0 Å². The number of cyclic esters (lactones) is 1. The minimum atomic E-state index is -0.483. The summed E-state index contributed by atoms with van der Waals surface area (Å²) < 4.78 is 16.6. The summed E-state index contributed by atoms with van der Waals surface area (Å²) in [6.07, 6.45) is 1.70. The first kappa shape index (κ1) is 20.5. The second-order valence-electron chi connectivity index (χ2n) is 7.56. The number of hydrogen-bond acceptors (Lipinski definition) is 5. The smallest absolute Gasteiger partial charge is 0.363 e. The van der Waals surface area contributed by atoms with E-state index in [1.54, 1.807) is 37.5 Å². The standard InChI is InChI=1S/C28H21NO4/c1-31-23-14-12-21(13-15-23)27-29-26(28(30)33-27)17-19-6-4-10-24(16-19)32-18-22-9-5-8-20-7-2-3-11-25(20)22/h2-17H,18H2,1H3/b26-17-. The summed E-state index contributed by atoms with van der Waals surface area (Å²) in [4.78, 5) is 16.7. The Morgan fingerprint density at radius 3 is 2.52 bits per heavy atom. The highest BCUT2D eigenvalue weighted by Gasteiger charge is 2.24. The molecule has 0 atom stereocenters. The minimum Gasteiger partial charge on any atom is -0.497 e. The maximum Gasteiger partial charge on any atom is 0.363 e. The lowest BCUT2D eigenvalue weighted by molar-refractivity contribution is -0.129. The molecule has 33 heavy (non-hydrogen) atoms. The van der Waals surface area contributed by atoms with Gasteiger partial charge in [0.15, 0.2) is 5.70 Å². The third kappa shape index (κ3) is 4.48. The van der Waals surface area contributed by atoms with Crippen molar-refractivity contribution in [3.63, 3.8) is 0 Å². The zero-order chi connectivity index (χ0) is 22.6. The molecule has 1 heterocycles. The van der Waals surface area contributed by atoms with Crippen LogP contribution in [0.4, 0.5) is 0 Å². The quantitative estimate of drug-likeness (QED) is 0.285. The number of carbonyl (C=O) groups excluding carboxylic acids is 1. The van der Waals surface area contributed by atoms with E-state index in [1.807, 2.05) is 42.5 Å². The SMILES string of the molecule is COc1ccc(C2=N/C(=C\c3cccc(OCc4cccc5ccccc45)c3)C(=O)O2)cc1. The van der Waals surface area contributed by atoms with Gasteiger partial charge in [0.25, 0.3) is 0 Å². The predicted molar refractivity (Wildman–Crippen MR) is 128 cm³/mol. The number of rotatable bonds is 6. The van der Waals surface area contributed by atoms with Crippen molar-refractivity contribution in [1.82, 2.24) is 0 Å². The topological polar surface area (TPSA) is 57.1 Å². The molecule has 0 spiro atoms. The molecule has 162 valence electrons. The van der Waals surface area contributed by atoms with E-state index in [0.717, 1.165) is 16.9 Å². The average Bonchev–Trinajstić information content (AvgIpc) is 3.23. The lowest BCUT2D eigenvalue weighted by Crippen LogP contribution is -2.05. The van der Waals surface area contributed by atoms with Crippen molar-refractivity contribution in [3.8, 4) is 11.5 Å². The van der Waals surface area contributed by atoms with Crippen molar-refractivity contribution >= 4 is 28.7 Å². The van der Waals surface area contributed by atoms with Gasteiger partial charge in [-0.15, -0.1) is 0 Å². The van der Waals surface area contributed by atoms with Gasteiger partial charge in [-0.2, -0.15) is 0 Å². The Morgan fingerprint density at radius 1 is 0.879 bits per heavy atom. The summed E-state index contributed by atoms with van der Waals surface area (Å²) >= 11 is 0. The molecule has 0 aromatic heterocycles. The summed E-state index contributed by atoms with van der Waals surface area (Å²) in [6.45, 7) is 0.448. The fraction of sp³-hybridized carbons (Fsp3) is 0.0714. The van der Waals surface area contributed by atoms with Crippen LogP contribution in [-0.2, 0) is 16.1 Å². The lowest BCUT2D eigenvalue weighted by atomic mass is 10.1. The van der Waals surface area contributed by atoms with Gasteiger partial charge in [-0.3, -0.25) is 0 Å². The maximum absolute atomic E-state index is 12.3. The monoisotopic (exact) mass is 435 g/mol. The minimum absolute atomic E-state index is 0.243. The van der Waals surface area contributed by atoms with Crippen LogP contribution in [-0.4, -0.2) is 19.0 Å². The maximum atomic E-state index is 12.3. The van der Waals surface area contributed by atoms with Crippen LogP contribution in [0.15, 0.2) is 102 Å². The van der Waals surface area contributed by atoms with E-state index in [1.165, 1.54) is 10.8 Å². The van der Waals surface area contributed by atoms with Crippen molar-refractivity contribution < 1.29 is 19.0 Å². The Hall–Kier alpha value is -4.38. The van der Waals surface area contributed by atoms with Crippen LogP contribution >= 0.6 is 0 Å². The summed E-state index contributed by atoms with van der Waals surface area (Å²) in [7, 11) is 1.60. The molecule has 0 N–H and O–H groups in total. The zero-order valence-corrected chi connectivity index (χ0v) is 18.0. The van der Waals surface area contributed by atoms with E-state index in [-0.39, 0.29) is 11.6 Å². The third-order valence-corrected chi connectivity index (χ3v) is 5.39. The van der Waals surface area contributed by atoms with Crippen LogP contribution < -0.4 is 9.47 Å². The first-order chi connectivity index (χ1) is 16.2. The second kappa shape index (κ2) is 9.01. The molecule has 0 bridgehead atoms. The number of hydrogen-bond donors (Lipinski definition) is 0. The van der Waals surface area contributed by atoms with Crippen molar-refractivity contribution in [2.75, 3.05) is 7.11 Å². The number of fused-ring (bicyclic) bond motifs is 1. The normalized spacial score (nSPS) is 14.3. The molecule has 0 amide bonds. The zero-order valence-electron chi connectivity index (χ0n) is 18.0. The highest BCUT2D eigenvalue weighted by molar-refractivity contribution is 6.12. The fourth-order valence-corrected chi connectivity index (χ4v) is 3.70. The molecule has 4 aromatic carbocycles. The average molecular weight is 435 g/mol. The summed E-state index contributed by atoms with van der Waals surface area (Å²) in [5.41, 5.74) is 2.87.